The predicted molar refractivity (Wildman–Crippen MR) is 68.7 cm³/mol. The number of hydrogen-bond donors (Lipinski definition) is 1. The average molecular weight is 259 g/mol. The van der Waals surface area contributed by atoms with Gasteiger partial charge in [0, 0.05) is 32.8 Å². The maximum Gasteiger partial charge on any atom is 0.334 e. The monoisotopic (exact) mass is 259 g/mol. The molecule has 5 heteroatoms. The molecule has 2 atom stereocenters. The molecule has 1 rings (SSSR count). The Morgan fingerprint density at radius 2 is 2.17 bits per heavy atom. The molecule has 0 aromatic rings. The van der Waals surface area contributed by atoms with Crippen LogP contribution in [0.1, 0.15) is 26.7 Å². The molecule has 0 aromatic heterocycles. The first kappa shape index (κ1) is 15.4. The molecule has 0 radical (unpaired) electrons. The van der Waals surface area contributed by atoms with Gasteiger partial charge in [-0.3, -0.25) is 4.90 Å². The van der Waals surface area contributed by atoms with Crippen molar-refractivity contribution in [1.29, 1.82) is 0 Å². The van der Waals surface area contributed by atoms with Crippen LogP contribution in [-0.4, -0.2) is 61.5 Å². The first-order valence-electron chi connectivity index (χ1n) is 6.67. The first-order chi connectivity index (χ1) is 8.60. The van der Waals surface area contributed by atoms with Gasteiger partial charge in [0.1, 0.15) is 0 Å². The molecular weight excluding hydrogens is 234 g/mol. The maximum atomic E-state index is 11.1. The summed E-state index contributed by atoms with van der Waals surface area (Å²) in [6.07, 6.45) is 1.75. The van der Waals surface area contributed by atoms with Crippen molar-refractivity contribution in [2.75, 3.05) is 33.4 Å². The van der Waals surface area contributed by atoms with Gasteiger partial charge in [-0.1, -0.05) is 0 Å². The largest absolute Gasteiger partial charge is 0.479 e. The summed E-state index contributed by atoms with van der Waals surface area (Å²) >= 11 is 0. The molecule has 0 heterocycles. The molecule has 1 saturated carbocycles. The predicted octanol–water partition coefficient (Wildman–Crippen LogP) is 1.22. The van der Waals surface area contributed by atoms with Gasteiger partial charge < -0.3 is 14.6 Å². The molecule has 0 bridgehead atoms. The van der Waals surface area contributed by atoms with Crippen molar-refractivity contribution in [1.82, 2.24) is 4.90 Å². The molecular formula is C13H25NO4. The average Bonchev–Trinajstić information content (AvgIpc) is 3.16. The molecule has 0 saturated heterocycles. The Morgan fingerprint density at radius 1 is 1.50 bits per heavy atom. The van der Waals surface area contributed by atoms with E-state index in [0.29, 0.717) is 31.7 Å². The number of methoxy groups -OCH3 is 1. The van der Waals surface area contributed by atoms with Crippen molar-refractivity contribution < 1.29 is 19.4 Å². The smallest absolute Gasteiger partial charge is 0.334 e. The van der Waals surface area contributed by atoms with Crippen molar-refractivity contribution in [3.05, 3.63) is 0 Å². The molecule has 0 spiro atoms. The van der Waals surface area contributed by atoms with Crippen molar-refractivity contribution in [3.63, 3.8) is 0 Å². The molecule has 5 nitrogen and oxygen atoms in total. The van der Waals surface area contributed by atoms with E-state index in [1.807, 2.05) is 6.92 Å². The molecule has 106 valence electrons. The van der Waals surface area contributed by atoms with Gasteiger partial charge in [0.2, 0.25) is 0 Å². The summed E-state index contributed by atoms with van der Waals surface area (Å²) in [5, 5.41) is 9.13. The lowest BCUT2D eigenvalue weighted by atomic mass is 10.1. The molecule has 2 unspecified atom stereocenters. The highest BCUT2D eigenvalue weighted by atomic mass is 16.5. The second kappa shape index (κ2) is 7.71. The Morgan fingerprint density at radius 3 is 2.61 bits per heavy atom. The van der Waals surface area contributed by atoms with Gasteiger partial charge in [-0.25, -0.2) is 4.79 Å². The van der Waals surface area contributed by atoms with Gasteiger partial charge in [0.25, 0.3) is 0 Å². The minimum atomic E-state index is -0.887. The van der Waals surface area contributed by atoms with Gasteiger partial charge in [-0.05, 0) is 32.6 Å². The van der Waals surface area contributed by atoms with Gasteiger partial charge >= 0.3 is 5.97 Å². The van der Waals surface area contributed by atoms with Crippen LogP contribution in [0, 0.1) is 5.92 Å². The van der Waals surface area contributed by atoms with Crippen LogP contribution >= 0.6 is 0 Å². The van der Waals surface area contributed by atoms with Gasteiger partial charge in [-0.2, -0.15) is 0 Å². The lowest BCUT2D eigenvalue weighted by Crippen LogP contribution is -2.45. The summed E-state index contributed by atoms with van der Waals surface area (Å²) in [7, 11) is 1.66. The zero-order valence-corrected chi connectivity index (χ0v) is 11.6. The molecule has 18 heavy (non-hydrogen) atoms. The zero-order valence-electron chi connectivity index (χ0n) is 11.6. The number of aliphatic carboxylic acids is 1. The first-order valence-corrected chi connectivity index (χ1v) is 6.67. The molecule has 0 amide bonds. The molecule has 0 aliphatic heterocycles. The Balaban J connectivity index is 2.53. The lowest BCUT2D eigenvalue weighted by molar-refractivity contribution is -0.151. The summed E-state index contributed by atoms with van der Waals surface area (Å²) in [6.45, 7) is 6.22. The number of rotatable bonds is 10. The highest BCUT2D eigenvalue weighted by molar-refractivity contribution is 5.72. The Labute approximate surface area is 109 Å². The molecule has 1 aliphatic rings. The molecule has 1 fully saturated rings. The number of nitrogens with zero attached hydrogens (tertiary/aromatic N) is 1. The fourth-order valence-electron chi connectivity index (χ4n) is 2.16. The van der Waals surface area contributed by atoms with Crippen LogP contribution in [0.15, 0.2) is 0 Å². The number of carboxylic acid groups (broad SMARTS) is 1. The van der Waals surface area contributed by atoms with Crippen LogP contribution in [0.4, 0.5) is 0 Å². The fraction of sp³-hybridized carbons (Fsp3) is 0.923. The number of carboxylic acids is 1. The van der Waals surface area contributed by atoms with E-state index in [9.17, 15) is 4.79 Å². The van der Waals surface area contributed by atoms with Crippen molar-refractivity contribution in [2.45, 2.75) is 38.8 Å². The highest BCUT2D eigenvalue weighted by Crippen LogP contribution is 2.35. The third kappa shape index (κ3) is 4.92. The van der Waals surface area contributed by atoms with E-state index in [-0.39, 0.29) is 0 Å². The van der Waals surface area contributed by atoms with Crippen LogP contribution in [0.25, 0.3) is 0 Å². The fourth-order valence-corrected chi connectivity index (χ4v) is 2.16. The lowest BCUT2D eigenvalue weighted by Gasteiger charge is -2.31. The third-order valence-electron chi connectivity index (χ3n) is 3.51. The summed E-state index contributed by atoms with van der Waals surface area (Å²) in [5.41, 5.74) is 0. The van der Waals surface area contributed by atoms with E-state index in [4.69, 9.17) is 14.6 Å². The van der Waals surface area contributed by atoms with Crippen LogP contribution in [-0.2, 0) is 14.3 Å². The number of ether oxygens (including phenoxy) is 2. The number of hydrogen-bond acceptors (Lipinski definition) is 4. The summed E-state index contributed by atoms with van der Waals surface area (Å²) < 4.78 is 10.4. The second-order valence-corrected chi connectivity index (χ2v) is 4.85. The molecule has 1 N–H and O–H groups in total. The van der Waals surface area contributed by atoms with E-state index in [1.54, 1.807) is 7.11 Å². The maximum absolute atomic E-state index is 11.1. The summed E-state index contributed by atoms with van der Waals surface area (Å²) in [4.78, 5) is 13.3. The Hall–Kier alpha value is -0.650. The SMILES string of the molecule is CCOC(CN(CCOC)C(C)C1CC1)C(=O)O. The topological polar surface area (TPSA) is 59.0 Å². The normalized spacial score (nSPS) is 18.9. The molecule has 0 aromatic carbocycles. The Bertz CT molecular complexity index is 255. The quantitative estimate of drug-likeness (QED) is 0.639. The zero-order chi connectivity index (χ0) is 13.5. The standard InChI is InChI=1S/C13H25NO4/c1-4-18-12(13(15)16)9-14(7-8-17-3)10(2)11-5-6-11/h10-12H,4-9H2,1-3H3,(H,15,16). The second-order valence-electron chi connectivity index (χ2n) is 4.85. The van der Waals surface area contributed by atoms with Crippen molar-refractivity contribution >= 4 is 5.97 Å². The molecule has 1 aliphatic carbocycles. The van der Waals surface area contributed by atoms with Crippen molar-refractivity contribution in [2.24, 2.45) is 5.92 Å². The number of carbonyl (C=O) groups is 1. The van der Waals surface area contributed by atoms with Gasteiger partial charge in [-0.15, -0.1) is 0 Å². The van der Waals surface area contributed by atoms with Crippen LogP contribution in [0.5, 0.6) is 0 Å². The van der Waals surface area contributed by atoms with Gasteiger partial charge in [0.15, 0.2) is 6.10 Å². The van der Waals surface area contributed by atoms with Crippen LogP contribution in [0.2, 0.25) is 0 Å². The minimum absolute atomic E-state index is 0.405. The van der Waals surface area contributed by atoms with Crippen molar-refractivity contribution in [3.8, 4) is 0 Å². The van der Waals surface area contributed by atoms with Gasteiger partial charge in [0.05, 0.1) is 6.61 Å². The van der Waals surface area contributed by atoms with E-state index in [0.717, 1.165) is 6.54 Å². The Kier molecular flexibility index (Phi) is 6.60. The van der Waals surface area contributed by atoms with E-state index in [1.165, 1.54) is 12.8 Å². The third-order valence-corrected chi connectivity index (χ3v) is 3.51. The van der Waals surface area contributed by atoms with Crippen LogP contribution in [0.3, 0.4) is 0 Å². The van der Waals surface area contributed by atoms with E-state index < -0.39 is 12.1 Å². The summed E-state index contributed by atoms with van der Waals surface area (Å²) in [5.74, 6) is -0.180. The van der Waals surface area contributed by atoms with E-state index in [2.05, 4.69) is 11.8 Å². The summed E-state index contributed by atoms with van der Waals surface area (Å²) in [6, 6.07) is 0.405. The van der Waals surface area contributed by atoms with E-state index >= 15 is 0 Å². The minimum Gasteiger partial charge on any atom is -0.479 e. The highest BCUT2D eigenvalue weighted by Gasteiger charge is 2.33. The van der Waals surface area contributed by atoms with Crippen LogP contribution < -0.4 is 0 Å².